The van der Waals surface area contributed by atoms with E-state index in [0.717, 1.165) is 10.4 Å². The number of amides is 5. The number of benzene rings is 2. The molecule has 3 aliphatic rings. The number of anilines is 1. The third-order valence-electron chi connectivity index (χ3n) is 9.14. The molecule has 54 heavy (non-hydrogen) atoms. The Bertz CT molecular complexity index is 2260. The largest absolute Gasteiger partial charge is 0.481 e. The molecule has 17 nitrogen and oxygen atoms in total. The fourth-order valence-corrected chi connectivity index (χ4v) is 8.63. The second-order valence-electron chi connectivity index (χ2n) is 12.8. The molecule has 278 valence electrons. The van der Waals surface area contributed by atoms with E-state index in [-0.39, 0.29) is 37.2 Å². The zero-order valence-electron chi connectivity index (χ0n) is 28.3. The molecule has 4 aromatic rings. The molecular formula is C35H32N8O9S2. The van der Waals surface area contributed by atoms with Crippen molar-refractivity contribution in [3.63, 3.8) is 0 Å². The molecule has 4 atom stereocenters. The zero-order valence-corrected chi connectivity index (χ0v) is 29.9. The summed E-state index contributed by atoms with van der Waals surface area (Å²) >= 11 is 2.53. The number of carbonyl (C=O) groups excluding carboxylic acids is 5. The van der Waals surface area contributed by atoms with Crippen molar-refractivity contribution in [2.24, 2.45) is 4.99 Å². The Labute approximate surface area is 314 Å². The first-order valence-corrected chi connectivity index (χ1v) is 18.7. The molecular weight excluding hydrogens is 741 g/mol. The normalized spacial score (nSPS) is 20.5. The molecule has 0 aliphatic carbocycles. The predicted molar refractivity (Wildman–Crippen MR) is 197 cm³/mol. The van der Waals surface area contributed by atoms with E-state index in [1.54, 1.807) is 36.4 Å². The lowest BCUT2D eigenvalue weighted by Crippen LogP contribution is -2.64. The van der Waals surface area contributed by atoms with Gasteiger partial charge in [0.1, 0.15) is 33.9 Å². The van der Waals surface area contributed by atoms with Crippen LogP contribution in [0.1, 0.15) is 47.6 Å². The quantitative estimate of drug-likeness (QED) is 0.156. The third kappa shape index (κ3) is 7.44. The van der Waals surface area contributed by atoms with E-state index in [9.17, 15) is 43.8 Å². The van der Waals surface area contributed by atoms with E-state index in [1.165, 1.54) is 34.3 Å². The molecule has 19 heteroatoms. The molecule has 5 N–H and O–H groups in total. The summed E-state index contributed by atoms with van der Waals surface area (Å²) in [5.74, 6) is -5.55. The fraction of sp³-hybridized carbons (Fsp3) is 0.314. The summed E-state index contributed by atoms with van der Waals surface area (Å²) in [5, 5.41) is 31.3. The third-order valence-corrected chi connectivity index (χ3v) is 11.4. The number of carboxylic acids is 2. The maximum absolute atomic E-state index is 14.1. The van der Waals surface area contributed by atoms with Gasteiger partial charge in [0.15, 0.2) is 6.04 Å². The van der Waals surface area contributed by atoms with Gasteiger partial charge in [-0.2, -0.15) is 0 Å². The highest BCUT2D eigenvalue weighted by Gasteiger charge is 2.45. The fourth-order valence-electron chi connectivity index (χ4n) is 6.53. The molecule has 5 amide bonds. The van der Waals surface area contributed by atoms with E-state index in [0.29, 0.717) is 37.8 Å². The van der Waals surface area contributed by atoms with Crippen molar-refractivity contribution in [3.8, 4) is 0 Å². The van der Waals surface area contributed by atoms with Crippen molar-refractivity contribution in [2.45, 2.75) is 56.3 Å². The van der Waals surface area contributed by atoms with Gasteiger partial charge in [-0.25, -0.2) is 14.8 Å². The number of carbonyl (C=O) groups is 7. The van der Waals surface area contributed by atoms with Crippen molar-refractivity contribution in [1.29, 1.82) is 0 Å². The molecule has 5 heterocycles. The van der Waals surface area contributed by atoms with Gasteiger partial charge in [0.2, 0.25) is 17.7 Å². The van der Waals surface area contributed by atoms with E-state index in [2.05, 4.69) is 30.9 Å². The number of hydrazine groups is 1. The van der Waals surface area contributed by atoms with Crippen molar-refractivity contribution in [1.82, 2.24) is 30.6 Å². The molecule has 0 unspecified atom stereocenters. The lowest BCUT2D eigenvalue weighted by molar-refractivity contribution is -0.176. The highest BCUT2D eigenvalue weighted by molar-refractivity contribution is 8.15. The van der Waals surface area contributed by atoms with Gasteiger partial charge in [-0.1, -0.05) is 24.3 Å². The number of rotatable bonds is 10. The van der Waals surface area contributed by atoms with Crippen LogP contribution in [0.3, 0.4) is 0 Å². The Morgan fingerprint density at radius 3 is 2.61 bits per heavy atom. The van der Waals surface area contributed by atoms with Crippen LogP contribution in [0.5, 0.6) is 0 Å². The number of carboxylic acid groups (broad SMARTS) is 2. The summed E-state index contributed by atoms with van der Waals surface area (Å²) in [6, 6.07) is 8.77. The number of aliphatic imine (C=N–C) groups is 1. The summed E-state index contributed by atoms with van der Waals surface area (Å²) in [6.07, 6.45) is 1.03. The molecule has 2 aromatic carbocycles. The number of fused-ring (bicyclic) bond motifs is 3. The lowest BCUT2D eigenvalue weighted by atomic mass is 10.0. The Balaban J connectivity index is 1.07. The van der Waals surface area contributed by atoms with Crippen LogP contribution < -0.4 is 16.0 Å². The number of nitrogens with zero attached hydrogens (tertiary/aromatic N) is 5. The number of thioether (sulfide) groups is 1. The SMILES string of the molecule is O=C(O)C[C@H](NC(=O)[C@@H]1CCCN2C(=O)CC[C@H](NC(=O)c3nccc4ccccc34)C(=O)N12)C(=O)Nc1ccc2nc(C3=N[C@@H](C(=O)O)CS3)sc2c1. The highest BCUT2D eigenvalue weighted by Crippen LogP contribution is 2.32. The summed E-state index contributed by atoms with van der Waals surface area (Å²) in [4.78, 5) is 104. The second-order valence-corrected chi connectivity index (χ2v) is 14.8. The molecule has 0 spiro atoms. The van der Waals surface area contributed by atoms with Crippen molar-refractivity contribution in [3.05, 3.63) is 65.4 Å². The minimum atomic E-state index is -1.57. The zero-order chi connectivity index (χ0) is 38.1. The molecule has 0 saturated carbocycles. The van der Waals surface area contributed by atoms with Crippen molar-refractivity contribution in [2.75, 3.05) is 17.6 Å². The molecule has 2 fully saturated rings. The minimum absolute atomic E-state index is 0.0268. The van der Waals surface area contributed by atoms with Crippen molar-refractivity contribution >= 4 is 96.3 Å². The number of pyridine rings is 1. The highest BCUT2D eigenvalue weighted by atomic mass is 32.2. The Kier molecular flexibility index (Phi) is 10.2. The topological polar surface area (TPSA) is 241 Å². The van der Waals surface area contributed by atoms with Crippen LogP contribution in [-0.2, 0) is 28.8 Å². The van der Waals surface area contributed by atoms with Gasteiger partial charge in [0.05, 0.1) is 16.6 Å². The molecule has 2 aromatic heterocycles. The number of aliphatic carboxylic acids is 2. The Morgan fingerprint density at radius 1 is 1.02 bits per heavy atom. The number of hydrogen-bond donors (Lipinski definition) is 5. The lowest BCUT2D eigenvalue weighted by Gasteiger charge is -2.43. The standard InChI is InChI=1S/C35H32N8O9S2/c44-26-10-9-21(38-31(49)28-19-5-2-1-4-17(19)11-12-36-28)34(50)43-24(6-3-13-42(26)43)30(48)39-22(15-27(45)46)29(47)37-18-7-8-20-25(14-18)54-33(40-20)32-41-23(16-53-32)35(51)52/h1-2,4-5,7-8,11-12,14,21-24H,3,6,9-10,13,15-16H2,(H,37,47)(H,38,49)(H,39,48)(H,45,46)(H,51,52)/t21-,22-,23+,24-/m0/s1. The van der Waals surface area contributed by atoms with Gasteiger partial charge in [-0.15, -0.1) is 23.1 Å². The second kappa shape index (κ2) is 15.2. The van der Waals surface area contributed by atoms with Gasteiger partial charge in [0, 0.05) is 36.0 Å². The van der Waals surface area contributed by atoms with Gasteiger partial charge in [-0.3, -0.25) is 43.8 Å². The van der Waals surface area contributed by atoms with E-state index in [1.807, 2.05) is 12.1 Å². The Morgan fingerprint density at radius 2 is 1.83 bits per heavy atom. The predicted octanol–water partition coefficient (Wildman–Crippen LogP) is 2.02. The van der Waals surface area contributed by atoms with Gasteiger partial charge < -0.3 is 26.2 Å². The maximum Gasteiger partial charge on any atom is 0.329 e. The number of nitrogens with one attached hydrogen (secondary N) is 3. The van der Waals surface area contributed by atoms with E-state index >= 15 is 0 Å². The summed E-state index contributed by atoms with van der Waals surface area (Å²) in [7, 11) is 0. The van der Waals surface area contributed by atoms with Crippen molar-refractivity contribution < 1.29 is 43.8 Å². The maximum atomic E-state index is 14.1. The average molecular weight is 773 g/mol. The van der Waals surface area contributed by atoms with Gasteiger partial charge in [0.25, 0.3) is 11.8 Å². The van der Waals surface area contributed by atoms with Gasteiger partial charge in [-0.05, 0) is 48.9 Å². The van der Waals surface area contributed by atoms with Crippen LogP contribution in [0.15, 0.2) is 59.7 Å². The Hall–Kier alpha value is -5.95. The summed E-state index contributed by atoms with van der Waals surface area (Å²) in [5.41, 5.74) is 0.954. The molecule has 0 bridgehead atoms. The smallest absolute Gasteiger partial charge is 0.329 e. The van der Waals surface area contributed by atoms with E-state index < -0.39 is 72.1 Å². The molecule has 2 saturated heterocycles. The number of aromatic nitrogens is 2. The average Bonchev–Trinajstić information content (AvgIpc) is 3.80. The molecule has 0 radical (unpaired) electrons. The number of thiazole rings is 1. The monoisotopic (exact) mass is 772 g/mol. The molecule has 3 aliphatic heterocycles. The minimum Gasteiger partial charge on any atom is -0.481 e. The van der Waals surface area contributed by atoms with Crippen LogP contribution >= 0.6 is 23.1 Å². The summed E-state index contributed by atoms with van der Waals surface area (Å²) in [6.45, 7) is 0.146. The molecule has 7 rings (SSSR count). The van der Waals surface area contributed by atoms with Crippen LogP contribution in [0.4, 0.5) is 5.69 Å². The van der Waals surface area contributed by atoms with E-state index in [4.69, 9.17) is 0 Å². The first-order valence-electron chi connectivity index (χ1n) is 16.9. The first-order chi connectivity index (χ1) is 26.0. The van der Waals surface area contributed by atoms with Gasteiger partial charge >= 0.3 is 11.9 Å². The summed E-state index contributed by atoms with van der Waals surface area (Å²) < 4.78 is 0.646. The van der Waals surface area contributed by atoms with Crippen LogP contribution in [-0.4, -0.2) is 113 Å². The first kappa shape index (κ1) is 36.4. The van der Waals surface area contributed by atoms with Crippen LogP contribution in [0.2, 0.25) is 0 Å². The van der Waals surface area contributed by atoms with Crippen LogP contribution in [0, 0.1) is 0 Å². The van der Waals surface area contributed by atoms with Crippen LogP contribution in [0.25, 0.3) is 21.0 Å². The number of hydrogen-bond acceptors (Lipinski definition) is 12.